The number of methoxy groups -OCH3 is 1. The first kappa shape index (κ1) is 16.7. The van der Waals surface area contributed by atoms with E-state index < -0.39 is 12.0 Å². The number of amides is 1. The zero-order chi connectivity index (χ0) is 17.6. The molecule has 0 saturated carbocycles. The third kappa shape index (κ3) is 4.05. The first-order chi connectivity index (χ1) is 12.2. The Hall–Kier alpha value is -3.12. The second-order valence-electron chi connectivity index (χ2n) is 5.53. The molecule has 2 aromatic carbocycles. The summed E-state index contributed by atoms with van der Waals surface area (Å²) in [6.07, 6.45) is 4.07. The fourth-order valence-corrected chi connectivity index (χ4v) is 2.45. The Kier molecular flexibility index (Phi) is 5.11. The maximum Gasteiger partial charge on any atom is 0.253 e. The van der Waals surface area contributed by atoms with E-state index in [0.29, 0.717) is 17.9 Å². The molecule has 6 heteroatoms. The van der Waals surface area contributed by atoms with Crippen LogP contribution in [0.3, 0.4) is 0 Å². The highest BCUT2D eigenvalue weighted by molar-refractivity contribution is 5.82. The van der Waals surface area contributed by atoms with Gasteiger partial charge >= 0.3 is 0 Å². The Balaban J connectivity index is 1.59. The van der Waals surface area contributed by atoms with E-state index in [2.05, 4.69) is 10.3 Å². The van der Waals surface area contributed by atoms with Crippen LogP contribution >= 0.6 is 0 Å². The number of imidazole rings is 1. The smallest absolute Gasteiger partial charge is 0.253 e. The van der Waals surface area contributed by atoms with Gasteiger partial charge in [0.1, 0.15) is 5.75 Å². The topological polar surface area (TPSA) is 76.4 Å². The van der Waals surface area contributed by atoms with E-state index in [-0.39, 0.29) is 0 Å². The number of rotatable bonds is 6. The molecule has 0 bridgehead atoms. The molecule has 1 aromatic heterocycles. The zero-order valence-corrected chi connectivity index (χ0v) is 13.8. The molecule has 1 unspecified atom stereocenters. The van der Waals surface area contributed by atoms with Gasteiger partial charge in [-0.05, 0) is 35.4 Å². The Morgan fingerprint density at radius 2 is 2.08 bits per heavy atom. The van der Waals surface area contributed by atoms with Crippen molar-refractivity contribution >= 4 is 5.91 Å². The number of aliphatic hydroxyl groups excluding tert-OH is 1. The van der Waals surface area contributed by atoms with E-state index in [1.54, 1.807) is 43.9 Å². The summed E-state index contributed by atoms with van der Waals surface area (Å²) in [5.41, 5.74) is 2.42. The second-order valence-corrected chi connectivity index (χ2v) is 5.53. The van der Waals surface area contributed by atoms with Crippen LogP contribution in [0.25, 0.3) is 5.69 Å². The number of carbonyl (C=O) groups is 1. The maximum absolute atomic E-state index is 12.2. The largest absolute Gasteiger partial charge is 0.497 e. The Bertz CT molecular complexity index is 829. The molecule has 0 saturated heterocycles. The first-order valence-corrected chi connectivity index (χ1v) is 7.84. The minimum atomic E-state index is -1.24. The van der Waals surface area contributed by atoms with E-state index in [1.165, 1.54) is 0 Å². The van der Waals surface area contributed by atoms with Crippen molar-refractivity contribution in [1.29, 1.82) is 0 Å². The second kappa shape index (κ2) is 7.63. The van der Waals surface area contributed by atoms with E-state index in [1.807, 2.05) is 35.0 Å². The number of hydrogen-bond acceptors (Lipinski definition) is 4. The van der Waals surface area contributed by atoms with Crippen LogP contribution in [0.5, 0.6) is 5.75 Å². The number of carbonyl (C=O) groups excluding carboxylic acids is 1. The summed E-state index contributed by atoms with van der Waals surface area (Å²) < 4.78 is 7.00. The van der Waals surface area contributed by atoms with Crippen molar-refractivity contribution in [2.75, 3.05) is 7.11 Å². The van der Waals surface area contributed by atoms with Crippen LogP contribution in [0.1, 0.15) is 17.2 Å². The van der Waals surface area contributed by atoms with Gasteiger partial charge in [-0.1, -0.05) is 24.3 Å². The molecule has 0 radical (unpaired) electrons. The number of benzene rings is 2. The SMILES string of the molecule is COc1cccc(C(O)C(=O)NCc2ccc(-n3ccnc3)cc2)c1. The minimum Gasteiger partial charge on any atom is -0.497 e. The predicted molar refractivity (Wildman–Crippen MR) is 93.4 cm³/mol. The van der Waals surface area contributed by atoms with E-state index in [9.17, 15) is 9.90 Å². The van der Waals surface area contributed by atoms with Crippen molar-refractivity contribution in [2.24, 2.45) is 0 Å². The maximum atomic E-state index is 12.2. The van der Waals surface area contributed by atoms with Crippen molar-refractivity contribution in [3.63, 3.8) is 0 Å². The van der Waals surface area contributed by atoms with Gasteiger partial charge in [0.15, 0.2) is 6.10 Å². The van der Waals surface area contributed by atoms with E-state index in [4.69, 9.17) is 4.74 Å². The number of nitrogens with zero attached hydrogens (tertiary/aromatic N) is 2. The summed E-state index contributed by atoms with van der Waals surface area (Å²) in [6, 6.07) is 14.6. The van der Waals surface area contributed by atoms with Crippen molar-refractivity contribution in [2.45, 2.75) is 12.6 Å². The lowest BCUT2D eigenvalue weighted by Crippen LogP contribution is -2.28. The molecule has 1 amide bonds. The number of aliphatic hydroxyl groups is 1. The Labute approximate surface area is 145 Å². The molecule has 0 aliphatic rings. The highest BCUT2D eigenvalue weighted by atomic mass is 16.5. The van der Waals surface area contributed by atoms with Gasteiger partial charge in [0, 0.05) is 24.6 Å². The number of hydrogen-bond donors (Lipinski definition) is 2. The quantitative estimate of drug-likeness (QED) is 0.723. The van der Waals surface area contributed by atoms with Crippen LogP contribution in [0, 0.1) is 0 Å². The van der Waals surface area contributed by atoms with Gasteiger partial charge < -0.3 is 19.7 Å². The monoisotopic (exact) mass is 337 g/mol. The molecule has 3 aromatic rings. The van der Waals surface area contributed by atoms with E-state index in [0.717, 1.165) is 11.3 Å². The lowest BCUT2D eigenvalue weighted by atomic mass is 10.1. The van der Waals surface area contributed by atoms with Crippen LogP contribution in [0.2, 0.25) is 0 Å². The number of ether oxygens (including phenoxy) is 1. The van der Waals surface area contributed by atoms with Crippen LogP contribution in [0.4, 0.5) is 0 Å². The lowest BCUT2D eigenvalue weighted by molar-refractivity contribution is -0.129. The predicted octanol–water partition coefficient (Wildman–Crippen LogP) is 2.23. The highest BCUT2D eigenvalue weighted by Gasteiger charge is 2.17. The highest BCUT2D eigenvalue weighted by Crippen LogP contribution is 2.19. The standard InChI is InChI=1S/C19H19N3O3/c1-25-17-4-2-3-15(11-17)18(23)19(24)21-12-14-5-7-16(8-6-14)22-10-9-20-13-22/h2-11,13,18,23H,12H2,1H3,(H,21,24). The van der Waals surface area contributed by atoms with Gasteiger partial charge in [0.25, 0.3) is 5.91 Å². The van der Waals surface area contributed by atoms with Crippen LogP contribution in [-0.4, -0.2) is 27.7 Å². The molecule has 1 heterocycles. The van der Waals surface area contributed by atoms with Crippen molar-refractivity contribution in [3.05, 3.63) is 78.4 Å². The molecule has 0 aliphatic heterocycles. The molecule has 25 heavy (non-hydrogen) atoms. The summed E-state index contributed by atoms with van der Waals surface area (Å²) in [6.45, 7) is 0.337. The average molecular weight is 337 g/mol. The molecule has 6 nitrogen and oxygen atoms in total. The van der Waals surface area contributed by atoms with Gasteiger partial charge in [-0.3, -0.25) is 4.79 Å². The lowest BCUT2D eigenvalue weighted by Gasteiger charge is -2.13. The summed E-state index contributed by atoms with van der Waals surface area (Å²) >= 11 is 0. The fourth-order valence-electron chi connectivity index (χ4n) is 2.45. The summed E-state index contributed by atoms with van der Waals surface area (Å²) in [4.78, 5) is 16.2. The van der Waals surface area contributed by atoms with Crippen molar-refractivity contribution in [3.8, 4) is 11.4 Å². The van der Waals surface area contributed by atoms with E-state index >= 15 is 0 Å². The van der Waals surface area contributed by atoms with Crippen LogP contribution in [0.15, 0.2) is 67.3 Å². The molecule has 2 N–H and O–H groups in total. The minimum absolute atomic E-state index is 0.337. The number of aromatic nitrogens is 2. The van der Waals surface area contributed by atoms with Crippen molar-refractivity contribution in [1.82, 2.24) is 14.9 Å². The summed E-state index contributed by atoms with van der Waals surface area (Å²) in [5.74, 6) is 0.145. The third-order valence-corrected chi connectivity index (χ3v) is 3.86. The first-order valence-electron chi connectivity index (χ1n) is 7.84. The fraction of sp³-hybridized carbons (Fsp3) is 0.158. The molecule has 128 valence electrons. The normalized spacial score (nSPS) is 11.8. The molecular formula is C19H19N3O3. The van der Waals surface area contributed by atoms with Crippen molar-refractivity contribution < 1.29 is 14.6 Å². The van der Waals surface area contributed by atoms with Gasteiger partial charge in [-0.25, -0.2) is 4.98 Å². The van der Waals surface area contributed by atoms with Crippen LogP contribution < -0.4 is 10.1 Å². The molecule has 0 fully saturated rings. The molecule has 0 spiro atoms. The van der Waals surface area contributed by atoms with Crippen LogP contribution in [-0.2, 0) is 11.3 Å². The molecule has 1 atom stereocenters. The Morgan fingerprint density at radius 1 is 1.28 bits per heavy atom. The van der Waals surface area contributed by atoms with Gasteiger partial charge in [-0.15, -0.1) is 0 Å². The Morgan fingerprint density at radius 3 is 2.76 bits per heavy atom. The third-order valence-electron chi connectivity index (χ3n) is 3.86. The summed E-state index contributed by atoms with van der Waals surface area (Å²) in [5, 5.41) is 12.9. The molecule has 0 aliphatic carbocycles. The number of nitrogens with one attached hydrogen (secondary N) is 1. The van der Waals surface area contributed by atoms with Gasteiger partial charge in [0.05, 0.1) is 13.4 Å². The van der Waals surface area contributed by atoms with Gasteiger partial charge in [-0.2, -0.15) is 0 Å². The summed E-state index contributed by atoms with van der Waals surface area (Å²) in [7, 11) is 1.54. The average Bonchev–Trinajstić information content (AvgIpc) is 3.20. The molecular weight excluding hydrogens is 318 g/mol. The van der Waals surface area contributed by atoms with Gasteiger partial charge in [0.2, 0.25) is 0 Å². The molecule has 3 rings (SSSR count). The zero-order valence-electron chi connectivity index (χ0n) is 13.8.